The van der Waals surface area contributed by atoms with Gasteiger partial charge >= 0.3 is 41.6 Å². The third kappa shape index (κ3) is 5.41. The number of carboxylic acid groups (broad SMARTS) is 1. The van der Waals surface area contributed by atoms with Gasteiger partial charge in [0.15, 0.2) is 5.37 Å². The smallest absolute Gasteiger partial charge is 1.00 e. The molecular formula is C9H11N2NaO3S. The first-order chi connectivity index (χ1) is 7.09. The molecule has 1 aromatic rings. The molecule has 0 radical (unpaired) electrons. The van der Waals surface area contributed by atoms with Crippen molar-refractivity contribution in [2.24, 2.45) is 5.73 Å². The first kappa shape index (κ1) is 15.3. The summed E-state index contributed by atoms with van der Waals surface area (Å²) in [5.41, 5.74) is 4.86. The average molecular weight is 250 g/mol. The Morgan fingerprint density at radius 2 is 1.94 bits per heavy atom. The van der Waals surface area contributed by atoms with E-state index in [2.05, 4.69) is 5.32 Å². The standard InChI is InChI=1S/C9H10N2O3S.Na.H/c10-9(14)11-7(8(12)13)15-6-4-2-1-3-5-6;;/h1-5,7H,(H,12,13)(H3,10,11,14);;/q;+1;-1. The molecule has 0 heterocycles. The number of nitrogens with one attached hydrogen (secondary N) is 1. The van der Waals surface area contributed by atoms with Crippen LogP contribution >= 0.6 is 11.8 Å². The summed E-state index contributed by atoms with van der Waals surface area (Å²) in [7, 11) is 0. The van der Waals surface area contributed by atoms with Gasteiger partial charge in [0, 0.05) is 4.90 Å². The van der Waals surface area contributed by atoms with Crippen molar-refractivity contribution in [1.82, 2.24) is 5.32 Å². The van der Waals surface area contributed by atoms with Crippen LogP contribution in [0.25, 0.3) is 0 Å². The molecule has 0 fully saturated rings. The molecule has 0 bridgehead atoms. The minimum Gasteiger partial charge on any atom is -1.00 e. The third-order valence-electron chi connectivity index (χ3n) is 1.49. The van der Waals surface area contributed by atoms with Gasteiger partial charge in [-0.15, -0.1) is 0 Å². The van der Waals surface area contributed by atoms with E-state index >= 15 is 0 Å². The molecule has 0 spiro atoms. The Kier molecular flexibility index (Phi) is 7.24. The molecule has 2 amide bonds. The summed E-state index contributed by atoms with van der Waals surface area (Å²) < 4.78 is 0. The second-order valence-electron chi connectivity index (χ2n) is 2.66. The number of amides is 2. The number of carboxylic acids is 1. The normalized spacial score (nSPS) is 11.0. The van der Waals surface area contributed by atoms with Crippen molar-refractivity contribution in [3.05, 3.63) is 30.3 Å². The third-order valence-corrected chi connectivity index (χ3v) is 2.59. The fourth-order valence-electron chi connectivity index (χ4n) is 0.906. The van der Waals surface area contributed by atoms with Gasteiger partial charge < -0.3 is 17.6 Å². The fourth-order valence-corrected chi connectivity index (χ4v) is 1.77. The zero-order chi connectivity index (χ0) is 11.3. The number of urea groups is 1. The van der Waals surface area contributed by atoms with Crippen LogP contribution in [0.1, 0.15) is 1.43 Å². The molecule has 1 unspecified atom stereocenters. The number of hydrogen-bond donors (Lipinski definition) is 3. The van der Waals surface area contributed by atoms with Gasteiger partial charge in [0.05, 0.1) is 0 Å². The Morgan fingerprint density at radius 1 is 1.38 bits per heavy atom. The zero-order valence-electron chi connectivity index (χ0n) is 9.71. The van der Waals surface area contributed by atoms with Crippen molar-refractivity contribution in [2.75, 3.05) is 0 Å². The number of hydrogen-bond acceptors (Lipinski definition) is 3. The molecule has 1 atom stereocenters. The fraction of sp³-hybridized carbons (Fsp3) is 0.111. The molecule has 0 aliphatic rings. The Morgan fingerprint density at radius 3 is 2.38 bits per heavy atom. The van der Waals surface area contributed by atoms with Crippen LogP contribution in [0.15, 0.2) is 35.2 Å². The predicted octanol–water partition coefficient (Wildman–Crippen LogP) is -2.03. The van der Waals surface area contributed by atoms with Gasteiger partial charge in [0.1, 0.15) is 0 Å². The number of thioether (sulfide) groups is 1. The first-order valence-electron chi connectivity index (χ1n) is 4.10. The number of aliphatic carboxylic acids is 1. The minimum absolute atomic E-state index is 0. The van der Waals surface area contributed by atoms with Gasteiger partial charge in [-0.25, -0.2) is 9.59 Å². The van der Waals surface area contributed by atoms with Crippen LogP contribution in [0.3, 0.4) is 0 Å². The number of primary amides is 1. The Bertz CT molecular complexity index is 367. The summed E-state index contributed by atoms with van der Waals surface area (Å²) in [6, 6.07) is 8.04. The minimum atomic E-state index is -1.14. The van der Waals surface area contributed by atoms with Crippen molar-refractivity contribution in [1.29, 1.82) is 0 Å². The summed E-state index contributed by atoms with van der Waals surface area (Å²) in [4.78, 5) is 22.0. The summed E-state index contributed by atoms with van der Waals surface area (Å²) in [5.74, 6) is -1.14. The van der Waals surface area contributed by atoms with E-state index < -0.39 is 17.4 Å². The topological polar surface area (TPSA) is 92.4 Å². The molecule has 1 aromatic carbocycles. The molecule has 4 N–H and O–H groups in total. The largest absolute Gasteiger partial charge is 1.00 e. The SMILES string of the molecule is NC(=O)NC(Sc1ccccc1)C(=O)O.[H-].[Na+]. The number of rotatable bonds is 4. The average Bonchev–Trinajstić information content (AvgIpc) is 2.17. The number of benzene rings is 1. The molecule has 0 aliphatic heterocycles. The van der Waals surface area contributed by atoms with Crippen LogP contribution in [-0.4, -0.2) is 22.5 Å². The number of carbonyl (C=O) groups is 2. The molecule has 0 saturated heterocycles. The Labute approximate surface area is 121 Å². The van der Waals surface area contributed by atoms with Gasteiger partial charge in [0.2, 0.25) is 0 Å². The Balaban J connectivity index is 0. The molecule has 0 aromatic heterocycles. The first-order valence-corrected chi connectivity index (χ1v) is 4.98. The van der Waals surface area contributed by atoms with Crippen molar-refractivity contribution < 1.29 is 45.7 Å². The summed E-state index contributed by atoms with van der Waals surface area (Å²) >= 11 is 1.01. The van der Waals surface area contributed by atoms with E-state index in [0.717, 1.165) is 16.7 Å². The van der Waals surface area contributed by atoms with Crippen LogP contribution in [0.4, 0.5) is 4.79 Å². The molecule has 16 heavy (non-hydrogen) atoms. The molecular weight excluding hydrogens is 239 g/mol. The van der Waals surface area contributed by atoms with Crippen molar-refractivity contribution in [3.8, 4) is 0 Å². The van der Waals surface area contributed by atoms with Crippen molar-refractivity contribution >= 4 is 23.8 Å². The van der Waals surface area contributed by atoms with E-state index in [1.165, 1.54) is 0 Å². The predicted molar refractivity (Wildman–Crippen MR) is 57.6 cm³/mol. The van der Waals surface area contributed by atoms with E-state index in [-0.39, 0.29) is 31.0 Å². The molecule has 7 heteroatoms. The van der Waals surface area contributed by atoms with Crippen LogP contribution in [0.5, 0.6) is 0 Å². The van der Waals surface area contributed by atoms with E-state index in [4.69, 9.17) is 10.8 Å². The van der Waals surface area contributed by atoms with E-state index in [0.29, 0.717) is 0 Å². The quantitative estimate of drug-likeness (QED) is 0.326. The number of nitrogens with two attached hydrogens (primary N) is 1. The van der Waals surface area contributed by atoms with Gasteiger partial charge in [-0.1, -0.05) is 30.0 Å². The summed E-state index contributed by atoms with van der Waals surface area (Å²) in [6.07, 6.45) is 0. The van der Waals surface area contributed by atoms with Crippen LogP contribution in [0.2, 0.25) is 0 Å². The van der Waals surface area contributed by atoms with Gasteiger partial charge in [-0.3, -0.25) is 0 Å². The molecule has 5 nitrogen and oxygen atoms in total. The Hall–Kier alpha value is -0.690. The summed E-state index contributed by atoms with van der Waals surface area (Å²) in [5, 5.41) is 9.86. The van der Waals surface area contributed by atoms with Crippen molar-refractivity contribution in [3.63, 3.8) is 0 Å². The molecule has 82 valence electrons. The van der Waals surface area contributed by atoms with E-state index in [1.54, 1.807) is 24.3 Å². The van der Waals surface area contributed by atoms with Gasteiger partial charge in [0.25, 0.3) is 0 Å². The molecule has 0 saturated carbocycles. The number of carbonyl (C=O) groups excluding carboxylic acids is 1. The summed E-state index contributed by atoms with van der Waals surface area (Å²) in [6.45, 7) is 0. The maximum Gasteiger partial charge on any atom is 1.00 e. The van der Waals surface area contributed by atoms with Crippen LogP contribution in [-0.2, 0) is 4.79 Å². The van der Waals surface area contributed by atoms with E-state index in [9.17, 15) is 9.59 Å². The zero-order valence-corrected chi connectivity index (χ0v) is 11.5. The van der Waals surface area contributed by atoms with Gasteiger partial charge in [-0.2, -0.15) is 0 Å². The maximum absolute atomic E-state index is 10.7. The second-order valence-corrected chi connectivity index (χ2v) is 3.84. The monoisotopic (exact) mass is 250 g/mol. The second kappa shape index (κ2) is 7.56. The van der Waals surface area contributed by atoms with Crippen molar-refractivity contribution in [2.45, 2.75) is 10.3 Å². The molecule has 0 aliphatic carbocycles. The maximum atomic E-state index is 10.7. The van der Waals surface area contributed by atoms with Crippen LogP contribution < -0.4 is 40.6 Å². The molecule has 1 rings (SSSR count). The van der Waals surface area contributed by atoms with E-state index in [1.807, 2.05) is 6.07 Å². The van der Waals surface area contributed by atoms with Gasteiger partial charge in [-0.05, 0) is 12.1 Å². The van der Waals surface area contributed by atoms with Crippen LogP contribution in [0, 0.1) is 0 Å².